The Kier molecular flexibility index (Phi) is 5.50. The van der Waals surface area contributed by atoms with Crippen LogP contribution in [0.2, 0.25) is 0 Å². The maximum absolute atomic E-state index is 13.1. The Morgan fingerprint density at radius 2 is 2.20 bits per heavy atom. The number of anilines is 1. The third-order valence-corrected chi connectivity index (χ3v) is 3.06. The topological polar surface area (TPSA) is 35.2 Å². The summed E-state index contributed by atoms with van der Waals surface area (Å²) in [6.45, 7) is 0.788. The smallest absolute Gasteiger partial charge is 0.147 e. The van der Waals surface area contributed by atoms with Gasteiger partial charge in [-0.15, -0.1) is 11.8 Å². The monoisotopic (exact) mass is 229 g/mol. The minimum absolute atomic E-state index is 0.207. The number of halogens is 1. The third-order valence-electron chi connectivity index (χ3n) is 1.98. The summed E-state index contributed by atoms with van der Waals surface area (Å²) in [5, 5.41) is 0. The normalized spacial score (nSPS) is 10.5. The van der Waals surface area contributed by atoms with E-state index in [4.69, 9.17) is 10.5 Å². The molecular weight excluding hydrogens is 213 g/mol. The Morgan fingerprint density at radius 3 is 2.87 bits per heavy atom. The van der Waals surface area contributed by atoms with Crippen molar-refractivity contribution < 1.29 is 9.13 Å². The highest BCUT2D eigenvalue weighted by Crippen LogP contribution is 2.22. The minimum atomic E-state index is -0.336. The number of benzene rings is 1. The van der Waals surface area contributed by atoms with E-state index in [-0.39, 0.29) is 11.5 Å². The highest BCUT2D eigenvalue weighted by Gasteiger charge is 2.00. The van der Waals surface area contributed by atoms with Crippen molar-refractivity contribution in [1.29, 1.82) is 0 Å². The van der Waals surface area contributed by atoms with Crippen molar-refractivity contribution >= 4 is 17.4 Å². The van der Waals surface area contributed by atoms with Gasteiger partial charge < -0.3 is 10.5 Å². The summed E-state index contributed by atoms with van der Waals surface area (Å²) in [6.07, 6.45) is 2.12. The van der Waals surface area contributed by atoms with Crippen LogP contribution < -0.4 is 5.73 Å². The molecule has 0 radical (unpaired) electrons. The van der Waals surface area contributed by atoms with Crippen molar-refractivity contribution in [3.05, 3.63) is 24.0 Å². The van der Waals surface area contributed by atoms with Crippen LogP contribution in [0.25, 0.3) is 0 Å². The summed E-state index contributed by atoms with van der Waals surface area (Å²) < 4.78 is 18.0. The molecule has 2 nitrogen and oxygen atoms in total. The predicted octanol–water partition coefficient (Wildman–Crippen LogP) is 2.93. The molecule has 0 bridgehead atoms. The standard InChI is InChI=1S/C11H16FNOS/c1-14-6-2-3-7-15-9-4-5-11(13)10(12)8-9/h4-5,8H,2-3,6-7,13H2,1H3. The SMILES string of the molecule is COCCCCSc1ccc(N)c(F)c1. The maximum Gasteiger partial charge on any atom is 0.147 e. The summed E-state index contributed by atoms with van der Waals surface area (Å²) in [5.41, 5.74) is 5.59. The van der Waals surface area contributed by atoms with Crippen LogP contribution in [-0.4, -0.2) is 19.5 Å². The number of ether oxygens (including phenoxy) is 1. The number of nitrogens with two attached hydrogens (primary N) is 1. The zero-order valence-corrected chi connectivity index (χ0v) is 9.65. The van der Waals surface area contributed by atoms with Gasteiger partial charge in [0, 0.05) is 18.6 Å². The Bertz CT molecular complexity index is 307. The predicted molar refractivity (Wildman–Crippen MR) is 62.6 cm³/mol. The lowest BCUT2D eigenvalue weighted by molar-refractivity contribution is 0.194. The Labute approximate surface area is 94.0 Å². The molecular formula is C11H16FNOS. The fraction of sp³-hybridized carbons (Fsp3) is 0.455. The maximum atomic E-state index is 13.1. The van der Waals surface area contributed by atoms with Crippen molar-refractivity contribution in [2.75, 3.05) is 25.2 Å². The van der Waals surface area contributed by atoms with Crippen LogP contribution >= 0.6 is 11.8 Å². The number of rotatable bonds is 6. The van der Waals surface area contributed by atoms with E-state index in [1.165, 1.54) is 6.07 Å². The average molecular weight is 229 g/mol. The zero-order chi connectivity index (χ0) is 11.1. The van der Waals surface area contributed by atoms with Crippen molar-refractivity contribution in [1.82, 2.24) is 0 Å². The van der Waals surface area contributed by atoms with Gasteiger partial charge in [-0.2, -0.15) is 0 Å². The highest BCUT2D eigenvalue weighted by atomic mass is 32.2. The summed E-state index contributed by atoms with van der Waals surface area (Å²) in [6, 6.07) is 4.93. The number of hydrogen-bond acceptors (Lipinski definition) is 3. The molecule has 0 heterocycles. The molecule has 2 N–H and O–H groups in total. The minimum Gasteiger partial charge on any atom is -0.396 e. The van der Waals surface area contributed by atoms with Crippen molar-refractivity contribution in [2.24, 2.45) is 0 Å². The molecule has 1 rings (SSSR count). The van der Waals surface area contributed by atoms with Gasteiger partial charge in [0.15, 0.2) is 0 Å². The molecule has 0 aliphatic rings. The zero-order valence-electron chi connectivity index (χ0n) is 8.83. The lowest BCUT2D eigenvalue weighted by Crippen LogP contribution is -1.91. The van der Waals surface area contributed by atoms with Gasteiger partial charge in [0.2, 0.25) is 0 Å². The molecule has 0 atom stereocenters. The lowest BCUT2D eigenvalue weighted by Gasteiger charge is -2.03. The van der Waals surface area contributed by atoms with Crippen LogP contribution in [0.1, 0.15) is 12.8 Å². The summed E-state index contributed by atoms with van der Waals surface area (Å²) in [4.78, 5) is 0.930. The molecule has 4 heteroatoms. The molecule has 0 aliphatic heterocycles. The molecule has 84 valence electrons. The van der Waals surface area contributed by atoms with E-state index >= 15 is 0 Å². The van der Waals surface area contributed by atoms with Gasteiger partial charge in [-0.05, 0) is 36.8 Å². The van der Waals surface area contributed by atoms with Gasteiger partial charge in [0.25, 0.3) is 0 Å². The van der Waals surface area contributed by atoms with Gasteiger partial charge in [-0.25, -0.2) is 4.39 Å². The molecule has 15 heavy (non-hydrogen) atoms. The summed E-state index contributed by atoms with van der Waals surface area (Å²) >= 11 is 1.64. The van der Waals surface area contributed by atoms with Crippen LogP contribution in [-0.2, 0) is 4.74 Å². The van der Waals surface area contributed by atoms with Crippen molar-refractivity contribution in [3.63, 3.8) is 0 Å². The first-order valence-corrected chi connectivity index (χ1v) is 5.89. The second-order valence-electron chi connectivity index (χ2n) is 3.23. The largest absolute Gasteiger partial charge is 0.396 e. The van der Waals surface area contributed by atoms with Gasteiger partial charge in [-0.1, -0.05) is 0 Å². The molecule has 0 amide bonds. The fourth-order valence-electron chi connectivity index (χ4n) is 1.14. The second kappa shape index (κ2) is 6.69. The molecule has 0 fully saturated rings. The van der Waals surface area contributed by atoms with Crippen LogP contribution in [0.15, 0.2) is 23.1 Å². The van der Waals surface area contributed by atoms with Crippen molar-refractivity contribution in [3.8, 4) is 0 Å². The fourth-order valence-corrected chi connectivity index (χ4v) is 2.07. The first kappa shape index (κ1) is 12.3. The Morgan fingerprint density at radius 1 is 1.40 bits per heavy atom. The summed E-state index contributed by atoms with van der Waals surface area (Å²) in [5.74, 6) is 0.643. The van der Waals surface area contributed by atoms with Crippen LogP contribution in [0.5, 0.6) is 0 Å². The van der Waals surface area contributed by atoms with Gasteiger partial charge in [0.05, 0.1) is 5.69 Å². The van der Waals surface area contributed by atoms with E-state index < -0.39 is 0 Å². The lowest BCUT2D eigenvalue weighted by atomic mass is 10.3. The molecule has 0 unspecified atom stereocenters. The van der Waals surface area contributed by atoms with E-state index in [1.54, 1.807) is 24.9 Å². The first-order chi connectivity index (χ1) is 7.24. The van der Waals surface area contributed by atoms with E-state index in [1.807, 2.05) is 6.07 Å². The van der Waals surface area contributed by atoms with E-state index in [0.717, 1.165) is 30.1 Å². The summed E-state index contributed by atoms with van der Waals surface area (Å²) in [7, 11) is 1.70. The van der Waals surface area contributed by atoms with Gasteiger partial charge in [0.1, 0.15) is 5.82 Å². The van der Waals surface area contributed by atoms with Crippen LogP contribution in [0, 0.1) is 5.82 Å². The number of thioether (sulfide) groups is 1. The first-order valence-electron chi connectivity index (χ1n) is 4.91. The molecule has 1 aromatic carbocycles. The van der Waals surface area contributed by atoms with Crippen LogP contribution in [0.3, 0.4) is 0 Å². The number of hydrogen-bond donors (Lipinski definition) is 1. The third kappa shape index (κ3) is 4.53. The van der Waals surface area contributed by atoms with Crippen molar-refractivity contribution in [2.45, 2.75) is 17.7 Å². The molecule has 1 aromatic rings. The van der Waals surface area contributed by atoms with Gasteiger partial charge >= 0.3 is 0 Å². The van der Waals surface area contributed by atoms with E-state index in [9.17, 15) is 4.39 Å². The average Bonchev–Trinajstić information content (AvgIpc) is 2.23. The molecule has 0 saturated heterocycles. The highest BCUT2D eigenvalue weighted by molar-refractivity contribution is 7.99. The molecule has 0 aliphatic carbocycles. The van der Waals surface area contributed by atoms with E-state index in [2.05, 4.69) is 0 Å². The number of unbranched alkanes of at least 4 members (excludes halogenated alkanes) is 1. The Hall–Kier alpha value is -0.740. The van der Waals surface area contributed by atoms with E-state index in [0.29, 0.717) is 0 Å². The molecule has 0 aromatic heterocycles. The number of nitrogen functional groups attached to an aromatic ring is 1. The second-order valence-corrected chi connectivity index (χ2v) is 4.40. The number of methoxy groups -OCH3 is 1. The molecule has 0 saturated carbocycles. The van der Waals surface area contributed by atoms with Gasteiger partial charge in [-0.3, -0.25) is 0 Å². The Balaban J connectivity index is 2.28. The quantitative estimate of drug-likeness (QED) is 0.463. The molecule has 0 spiro atoms. The van der Waals surface area contributed by atoms with Crippen LogP contribution in [0.4, 0.5) is 10.1 Å².